The average Bonchev–Trinajstić information content (AvgIpc) is 2.45. The predicted octanol–water partition coefficient (Wildman–Crippen LogP) is 2.42. The van der Waals surface area contributed by atoms with Crippen molar-refractivity contribution >= 4 is 17.4 Å². The van der Waals surface area contributed by atoms with Gasteiger partial charge < -0.3 is 15.2 Å². The molecule has 1 aromatic carbocycles. The lowest BCUT2D eigenvalue weighted by Gasteiger charge is -2.13. The van der Waals surface area contributed by atoms with E-state index >= 15 is 0 Å². The van der Waals surface area contributed by atoms with Crippen LogP contribution in [0.1, 0.15) is 17.5 Å². The molecule has 0 aliphatic carbocycles. The molecule has 0 saturated carbocycles. The molecule has 1 atom stereocenters. The fraction of sp³-hybridized carbons (Fsp3) is 0.286. The maximum absolute atomic E-state index is 10.1. The molecule has 0 saturated heterocycles. The van der Waals surface area contributed by atoms with Gasteiger partial charge in [0.15, 0.2) is 5.82 Å². The van der Waals surface area contributed by atoms with Gasteiger partial charge in [-0.15, -0.1) is 0 Å². The van der Waals surface area contributed by atoms with Crippen LogP contribution in [0.4, 0.5) is 5.82 Å². The lowest BCUT2D eigenvalue weighted by atomic mass is 10.1. The number of ether oxygens (including phenoxy) is 1. The molecule has 106 valence electrons. The van der Waals surface area contributed by atoms with Gasteiger partial charge in [-0.2, -0.15) is 0 Å². The molecule has 1 aromatic heterocycles. The molecule has 0 radical (unpaired) electrons. The second-order valence-electron chi connectivity index (χ2n) is 4.23. The van der Waals surface area contributed by atoms with Crippen molar-refractivity contribution in [3.05, 3.63) is 52.9 Å². The zero-order chi connectivity index (χ0) is 14.4. The van der Waals surface area contributed by atoms with E-state index in [1.54, 1.807) is 13.2 Å². The summed E-state index contributed by atoms with van der Waals surface area (Å²) in [5.74, 6) is 1.06. The van der Waals surface area contributed by atoms with Crippen molar-refractivity contribution in [3.63, 3.8) is 0 Å². The van der Waals surface area contributed by atoms with E-state index < -0.39 is 6.10 Å². The maximum atomic E-state index is 10.1. The van der Waals surface area contributed by atoms with Crippen molar-refractivity contribution in [2.24, 2.45) is 0 Å². The molecule has 0 spiro atoms. The number of benzene rings is 1. The van der Waals surface area contributed by atoms with Crippen molar-refractivity contribution in [2.75, 3.05) is 19.0 Å². The van der Waals surface area contributed by atoms with E-state index in [1.807, 2.05) is 30.3 Å². The molecule has 6 heteroatoms. The Morgan fingerprint density at radius 1 is 1.30 bits per heavy atom. The van der Waals surface area contributed by atoms with Crippen LogP contribution in [0.3, 0.4) is 0 Å². The smallest absolute Gasteiger partial charge is 0.158 e. The zero-order valence-electron chi connectivity index (χ0n) is 11.1. The molecule has 20 heavy (non-hydrogen) atoms. The number of halogens is 1. The first kappa shape index (κ1) is 14.7. The molecule has 2 rings (SSSR count). The Morgan fingerprint density at radius 3 is 2.75 bits per heavy atom. The lowest BCUT2D eigenvalue weighted by molar-refractivity contribution is 0.177. The van der Waals surface area contributed by atoms with Gasteiger partial charge in [-0.05, 0) is 5.56 Å². The minimum atomic E-state index is -0.615. The topological polar surface area (TPSA) is 67.3 Å². The molecule has 5 nitrogen and oxygen atoms in total. The fourth-order valence-electron chi connectivity index (χ4n) is 1.74. The summed E-state index contributed by atoms with van der Waals surface area (Å²) in [6.07, 6.45) is -0.615. The summed E-state index contributed by atoms with van der Waals surface area (Å²) in [6, 6.07) is 11.0. The Morgan fingerprint density at radius 2 is 2.05 bits per heavy atom. The highest BCUT2D eigenvalue weighted by Gasteiger charge is 2.08. The molecule has 2 aromatic rings. The van der Waals surface area contributed by atoms with Gasteiger partial charge in [0, 0.05) is 19.7 Å². The van der Waals surface area contributed by atoms with Crippen LogP contribution in [0.5, 0.6) is 0 Å². The highest BCUT2D eigenvalue weighted by molar-refractivity contribution is 6.29. The highest BCUT2D eigenvalue weighted by Crippen LogP contribution is 2.15. The van der Waals surface area contributed by atoms with Crippen LogP contribution in [0.2, 0.25) is 5.15 Å². The van der Waals surface area contributed by atoms with E-state index in [0.717, 1.165) is 5.56 Å². The number of nitrogens with zero attached hydrogens (tertiary/aromatic N) is 2. The third kappa shape index (κ3) is 4.16. The van der Waals surface area contributed by atoms with Gasteiger partial charge in [-0.3, -0.25) is 0 Å². The summed E-state index contributed by atoms with van der Waals surface area (Å²) >= 11 is 5.91. The van der Waals surface area contributed by atoms with Crippen molar-refractivity contribution in [1.29, 1.82) is 0 Å². The number of anilines is 1. The average molecular weight is 294 g/mol. The monoisotopic (exact) mass is 293 g/mol. The summed E-state index contributed by atoms with van der Waals surface area (Å²) < 4.78 is 4.97. The van der Waals surface area contributed by atoms with Crippen LogP contribution in [-0.4, -0.2) is 28.7 Å². The van der Waals surface area contributed by atoms with Crippen molar-refractivity contribution < 1.29 is 9.84 Å². The minimum Gasteiger partial charge on any atom is -0.387 e. The van der Waals surface area contributed by atoms with Gasteiger partial charge >= 0.3 is 0 Å². The molecule has 1 unspecified atom stereocenters. The second kappa shape index (κ2) is 7.19. The quantitative estimate of drug-likeness (QED) is 0.801. The van der Waals surface area contributed by atoms with Crippen molar-refractivity contribution in [1.82, 2.24) is 9.97 Å². The number of aromatic nitrogens is 2. The Labute approximate surface area is 122 Å². The van der Waals surface area contributed by atoms with Gasteiger partial charge in [-0.25, -0.2) is 9.97 Å². The number of nitrogens with one attached hydrogen (secondary N) is 1. The van der Waals surface area contributed by atoms with Crippen LogP contribution in [-0.2, 0) is 11.3 Å². The molecule has 0 amide bonds. The number of aliphatic hydroxyl groups excluding tert-OH is 1. The third-order valence-electron chi connectivity index (χ3n) is 2.68. The molecule has 0 bridgehead atoms. The molecule has 1 heterocycles. The van der Waals surface area contributed by atoms with Gasteiger partial charge in [0.1, 0.15) is 17.6 Å². The van der Waals surface area contributed by atoms with E-state index in [4.69, 9.17) is 16.3 Å². The summed E-state index contributed by atoms with van der Waals surface area (Å²) in [5.41, 5.74) is 0.845. The van der Waals surface area contributed by atoms with E-state index in [-0.39, 0.29) is 6.61 Å². The standard InChI is InChI=1S/C14H16ClN3O2/c1-20-9-14-17-12(15)7-13(18-14)16-8-11(19)10-5-3-2-4-6-10/h2-7,11,19H,8-9H2,1H3,(H,16,17,18). The molecular weight excluding hydrogens is 278 g/mol. The summed E-state index contributed by atoms with van der Waals surface area (Å²) in [6.45, 7) is 0.625. The first-order valence-electron chi connectivity index (χ1n) is 6.18. The summed E-state index contributed by atoms with van der Waals surface area (Å²) in [4.78, 5) is 8.28. The van der Waals surface area contributed by atoms with Gasteiger partial charge in [-0.1, -0.05) is 41.9 Å². The number of rotatable bonds is 6. The first-order valence-corrected chi connectivity index (χ1v) is 6.56. The van der Waals surface area contributed by atoms with Crippen LogP contribution in [0.25, 0.3) is 0 Å². The van der Waals surface area contributed by atoms with E-state index in [9.17, 15) is 5.11 Å². The highest BCUT2D eigenvalue weighted by atomic mass is 35.5. The van der Waals surface area contributed by atoms with E-state index in [1.165, 1.54) is 0 Å². The minimum absolute atomic E-state index is 0.288. The van der Waals surface area contributed by atoms with E-state index in [2.05, 4.69) is 15.3 Å². The van der Waals surface area contributed by atoms with Crippen LogP contribution in [0, 0.1) is 0 Å². The Kier molecular flexibility index (Phi) is 5.29. The fourth-order valence-corrected chi connectivity index (χ4v) is 1.94. The van der Waals surface area contributed by atoms with Gasteiger partial charge in [0.05, 0.1) is 6.10 Å². The SMILES string of the molecule is COCc1nc(Cl)cc(NCC(O)c2ccccc2)n1. The Hall–Kier alpha value is -1.69. The summed E-state index contributed by atoms with van der Waals surface area (Å²) in [7, 11) is 1.57. The van der Waals surface area contributed by atoms with E-state index in [0.29, 0.717) is 23.3 Å². The third-order valence-corrected chi connectivity index (χ3v) is 2.87. The predicted molar refractivity (Wildman–Crippen MR) is 77.6 cm³/mol. The first-order chi connectivity index (χ1) is 9.69. The number of aliphatic hydroxyl groups is 1. The number of hydrogen-bond donors (Lipinski definition) is 2. The lowest BCUT2D eigenvalue weighted by Crippen LogP contribution is -2.13. The van der Waals surface area contributed by atoms with Gasteiger partial charge in [0.25, 0.3) is 0 Å². The molecule has 0 aliphatic rings. The molecule has 2 N–H and O–H groups in total. The van der Waals surface area contributed by atoms with Crippen LogP contribution < -0.4 is 5.32 Å². The molecule has 0 fully saturated rings. The van der Waals surface area contributed by atoms with Crippen molar-refractivity contribution in [2.45, 2.75) is 12.7 Å². The van der Waals surface area contributed by atoms with Crippen molar-refractivity contribution in [3.8, 4) is 0 Å². The second-order valence-corrected chi connectivity index (χ2v) is 4.62. The van der Waals surface area contributed by atoms with Crippen LogP contribution >= 0.6 is 11.6 Å². The van der Waals surface area contributed by atoms with Crippen LogP contribution in [0.15, 0.2) is 36.4 Å². The number of hydrogen-bond acceptors (Lipinski definition) is 5. The zero-order valence-corrected chi connectivity index (χ0v) is 11.8. The number of methoxy groups -OCH3 is 1. The maximum Gasteiger partial charge on any atom is 0.158 e. The van der Waals surface area contributed by atoms with Gasteiger partial charge in [0.2, 0.25) is 0 Å². The Bertz CT molecular complexity index is 551. The molecular formula is C14H16ClN3O2. The molecule has 0 aliphatic heterocycles. The summed E-state index contributed by atoms with van der Waals surface area (Å²) in [5, 5.41) is 13.4. The normalized spacial score (nSPS) is 12.2. The largest absolute Gasteiger partial charge is 0.387 e. The Balaban J connectivity index is 2.00.